The summed E-state index contributed by atoms with van der Waals surface area (Å²) in [5.74, 6) is 0. The first-order chi connectivity index (χ1) is 7.29. The maximum Gasteiger partial charge on any atom is 0.0857 e. The van der Waals surface area contributed by atoms with Gasteiger partial charge in [0.1, 0.15) is 0 Å². The quantitative estimate of drug-likeness (QED) is 0.750. The van der Waals surface area contributed by atoms with Gasteiger partial charge in [0.2, 0.25) is 0 Å². The number of ether oxygens (including phenoxy) is 1. The van der Waals surface area contributed by atoms with Crippen molar-refractivity contribution in [1.29, 1.82) is 0 Å². The highest BCUT2D eigenvalue weighted by Crippen LogP contribution is 2.31. The van der Waals surface area contributed by atoms with Gasteiger partial charge in [-0.15, -0.1) is 6.58 Å². The van der Waals surface area contributed by atoms with Crippen LogP contribution in [0.4, 0.5) is 0 Å². The van der Waals surface area contributed by atoms with Crippen molar-refractivity contribution >= 4 is 0 Å². The Morgan fingerprint density at radius 3 is 2.67 bits per heavy atom. The Bertz CT molecular complexity index is 321. The third-order valence-corrected chi connectivity index (χ3v) is 2.76. The van der Waals surface area contributed by atoms with Gasteiger partial charge in [-0.3, -0.25) is 0 Å². The second-order valence-electron chi connectivity index (χ2n) is 3.93. The molecule has 0 amide bonds. The zero-order chi connectivity index (χ0) is 10.7. The summed E-state index contributed by atoms with van der Waals surface area (Å²) in [4.78, 5) is 0. The standard InChI is InChI=1S/C13H16O2/c1-2-12-8-11(14)9-13(15-12)10-6-4-3-5-7-10/h2-7,11-14H,1,8-9H2/t11-,12-,13-/m1/s1. The number of hydrogen-bond donors (Lipinski definition) is 1. The predicted molar refractivity (Wildman–Crippen MR) is 59.5 cm³/mol. The summed E-state index contributed by atoms with van der Waals surface area (Å²) in [6.45, 7) is 3.71. The summed E-state index contributed by atoms with van der Waals surface area (Å²) in [6, 6.07) is 10.0. The molecule has 0 saturated carbocycles. The molecule has 0 aliphatic carbocycles. The first-order valence-corrected chi connectivity index (χ1v) is 5.30. The minimum atomic E-state index is -0.285. The van der Waals surface area contributed by atoms with Crippen LogP contribution in [0.5, 0.6) is 0 Å². The van der Waals surface area contributed by atoms with E-state index in [4.69, 9.17) is 4.74 Å². The molecule has 1 fully saturated rings. The van der Waals surface area contributed by atoms with Crippen LogP contribution in [0.15, 0.2) is 43.0 Å². The Morgan fingerprint density at radius 2 is 2.00 bits per heavy atom. The number of benzene rings is 1. The van der Waals surface area contributed by atoms with Gasteiger partial charge >= 0.3 is 0 Å². The SMILES string of the molecule is C=C[C@@H]1C[C@@H](O)C[C@H](c2ccccc2)O1. The molecule has 1 N–H and O–H groups in total. The van der Waals surface area contributed by atoms with Gasteiger partial charge in [-0.2, -0.15) is 0 Å². The van der Waals surface area contributed by atoms with E-state index in [2.05, 4.69) is 6.58 Å². The molecule has 1 aromatic rings. The van der Waals surface area contributed by atoms with Crippen molar-refractivity contribution in [3.63, 3.8) is 0 Å². The van der Waals surface area contributed by atoms with Crippen LogP contribution in [-0.2, 0) is 4.74 Å². The van der Waals surface area contributed by atoms with Crippen molar-refractivity contribution < 1.29 is 9.84 Å². The van der Waals surface area contributed by atoms with Crippen LogP contribution in [0.3, 0.4) is 0 Å². The lowest BCUT2D eigenvalue weighted by atomic mass is 9.96. The van der Waals surface area contributed by atoms with Crippen LogP contribution in [0.2, 0.25) is 0 Å². The van der Waals surface area contributed by atoms with Crippen LogP contribution in [0, 0.1) is 0 Å². The van der Waals surface area contributed by atoms with Crippen molar-refractivity contribution in [3.05, 3.63) is 48.6 Å². The fourth-order valence-corrected chi connectivity index (χ4v) is 1.97. The van der Waals surface area contributed by atoms with E-state index in [1.54, 1.807) is 6.08 Å². The highest BCUT2D eigenvalue weighted by molar-refractivity contribution is 5.18. The molecule has 3 atom stereocenters. The van der Waals surface area contributed by atoms with Crippen LogP contribution >= 0.6 is 0 Å². The molecular weight excluding hydrogens is 188 g/mol. The number of hydrogen-bond acceptors (Lipinski definition) is 2. The molecule has 1 heterocycles. The van der Waals surface area contributed by atoms with Gasteiger partial charge in [-0.25, -0.2) is 0 Å². The second kappa shape index (κ2) is 4.60. The monoisotopic (exact) mass is 204 g/mol. The smallest absolute Gasteiger partial charge is 0.0857 e. The van der Waals surface area contributed by atoms with Gasteiger partial charge < -0.3 is 9.84 Å². The topological polar surface area (TPSA) is 29.5 Å². The third-order valence-electron chi connectivity index (χ3n) is 2.76. The van der Waals surface area contributed by atoms with E-state index < -0.39 is 0 Å². The van der Waals surface area contributed by atoms with Crippen LogP contribution in [0.1, 0.15) is 24.5 Å². The summed E-state index contributed by atoms with van der Waals surface area (Å²) in [5, 5.41) is 9.71. The second-order valence-corrected chi connectivity index (χ2v) is 3.93. The van der Waals surface area contributed by atoms with Gasteiger partial charge in [-0.05, 0) is 5.56 Å². The molecule has 2 nitrogen and oxygen atoms in total. The summed E-state index contributed by atoms with van der Waals surface area (Å²) in [7, 11) is 0. The molecule has 0 spiro atoms. The van der Waals surface area contributed by atoms with Crippen LogP contribution in [0.25, 0.3) is 0 Å². The molecule has 1 aliphatic rings. The minimum Gasteiger partial charge on any atom is -0.393 e. The molecule has 15 heavy (non-hydrogen) atoms. The van der Waals surface area contributed by atoms with E-state index in [1.165, 1.54) is 0 Å². The third kappa shape index (κ3) is 2.46. The zero-order valence-corrected chi connectivity index (χ0v) is 8.67. The van der Waals surface area contributed by atoms with Crippen molar-refractivity contribution in [2.45, 2.75) is 31.2 Å². The summed E-state index contributed by atoms with van der Waals surface area (Å²) in [6.07, 6.45) is 2.78. The van der Waals surface area contributed by atoms with Crippen molar-refractivity contribution in [2.24, 2.45) is 0 Å². The van der Waals surface area contributed by atoms with Gasteiger partial charge in [0, 0.05) is 12.8 Å². The normalized spacial score (nSPS) is 31.1. The zero-order valence-electron chi connectivity index (χ0n) is 8.67. The van der Waals surface area contributed by atoms with Crippen LogP contribution < -0.4 is 0 Å². The largest absolute Gasteiger partial charge is 0.393 e. The molecule has 0 radical (unpaired) electrons. The predicted octanol–water partition coefficient (Wildman–Crippen LogP) is 2.45. The van der Waals surface area contributed by atoms with Gasteiger partial charge in [-0.1, -0.05) is 36.4 Å². The summed E-state index contributed by atoms with van der Waals surface area (Å²) < 4.78 is 5.81. The summed E-state index contributed by atoms with van der Waals surface area (Å²) in [5.41, 5.74) is 1.13. The van der Waals surface area contributed by atoms with E-state index in [9.17, 15) is 5.11 Å². The fourth-order valence-electron chi connectivity index (χ4n) is 1.97. The lowest BCUT2D eigenvalue weighted by Crippen LogP contribution is -2.29. The molecule has 0 bridgehead atoms. The average Bonchev–Trinajstić information content (AvgIpc) is 2.29. The molecule has 0 unspecified atom stereocenters. The Hall–Kier alpha value is -1.12. The Labute approximate surface area is 90.2 Å². The molecule has 1 aromatic carbocycles. The Kier molecular flexibility index (Phi) is 3.19. The number of rotatable bonds is 2. The van der Waals surface area contributed by atoms with E-state index in [1.807, 2.05) is 30.3 Å². The highest BCUT2D eigenvalue weighted by atomic mass is 16.5. The van der Waals surface area contributed by atoms with Crippen molar-refractivity contribution in [2.75, 3.05) is 0 Å². The van der Waals surface area contributed by atoms with Gasteiger partial charge in [0.15, 0.2) is 0 Å². The minimum absolute atomic E-state index is 0.00190. The molecular formula is C13H16O2. The van der Waals surface area contributed by atoms with Crippen molar-refractivity contribution in [3.8, 4) is 0 Å². The van der Waals surface area contributed by atoms with Crippen LogP contribution in [-0.4, -0.2) is 17.3 Å². The van der Waals surface area contributed by atoms with Gasteiger partial charge in [0.05, 0.1) is 18.3 Å². The lowest BCUT2D eigenvalue weighted by Gasteiger charge is -2.31. The first kappa shape index (κ1) is 10.4. The molecule has 0 aromatic heterocycles. The molecule has 80 valence electrons. The molecule has 2 heteroatoms. The first-order valence-electron chi connectivity index (χ1n) is 5.30. The summed E-state index contributed by atoms with van der Waals surface area (Å²) >= 11 is 0. The van der Waals surface area contributed by atoms with E-state index in [0.29, 0.717) is 12.8 Å². The highest BCUT2D eigenvalue weighted by Gasteiger charge is 2.27. The van der Waals surface area contributed by atoms with E-state index >= 15 is 0 Å². The number of aliphatic hydroxyl groups is 1. The maximum absolute atomic E-state index is 9.71. The molecule has 1 aliphatic heterocycles. The van der Waals surface area contributed by atoms with E-state index in [-0.39, 0.29) is 18.3 Å². The number of aliphatic hydroxyl groups excluding tert-OH is 1. The maximum atomic E-state index is 9.71. The molecule has 2 rings (SSSR count). The lowest BCUT2D eigenvalue weighted by molar-refractivity contribution is -0.0776. The molecule has 1 saturated heterocycles. The van der Waals surface area contributed by atoms with Crippen molar-refractivity contribution in [1.82, 2.24) is 0 Å². The Balaban J connectivity index is 2.12. The van der Waals surface area contributed by atoms with Gasteiger partial charge in [0.25, 0.3) is 0 Å². The fraction of sp³-hybridized carbons (Fsp3) is 0.385. The average molecular weight is 204 g/mol. The Morgan fingerprint density at radius 1 is 1.27 bits per heavy atom. The van der Waals surface area contributed by atoms with E-state index in [0.717, 1.165) is 5.56 Å².